The van der Waals surface area contributed by atoms with E-state index >= 15 is 0 Å². The number of amides is 1. The number of nitrogens with one attached hydrogen (secondary N) is 1. The first kappa shape index (κ1) is 30.7. The summed E-state index contributed by atoms with van der Waals surface area (Å²) < 4.78 is 27.0. The van der Waals surface area contributed by atoms with Crippen LogP contribution in [0.1, 0.15) is 62.2 Å². The van der Waals surface area contributed by atoms with Crippen molar-refractivity contribution >= 4 is 11.7 Å². The van der Waals surface area contributed by atoms with Crippen LogP contribution < -0.4 is 19.7 Å². The van der Waals surface area contributed by atoms with Gasteiger partial charge in [-0.1, -0.05) is 0 Å². The first-order valence-electron chi connectivity index (χ1n) is 16.5. The fourth-order valence-electron chi connectivity index (χ4n) is 7.48. The second-order valence-corrected chi connectivity index (χ2v) is 13.6. The Labute approximate surface area is 269 Å². The molecule has 1 atom stereocenters. The number of benzene rings is 1. The van der Waals surface area contributed by atoms with Crippen molar-refractivity contribution in [1.82, 2.24) is 35.3 Å². The number of hydrogen-bond acceptors (Lipinski definition) is 10. The molecule has 1 spiro atoms. The minimum Gasteiger partial charge on any atom is -0.490 e. The predicted octanol–water partition coefficient (Wildman–Crippen LogP) is 4.08. The van der Waals surface area contributed by atoms with Gasteiger partial charge in [0.1, 0.15) is 29.7 Å². The summed E-state index contributed by atoms with van der Waals surface area (Å²) in [6.07, 6.45) is 6.32. The molecule has 244 valence electrons. The van der Waals surface area contributed by atoms with E-state index in [9.17, 15) is 9.18 Å². The van der Waals surface area contributed by atoms with E-state index in [1.807, 2.05) is 33.0 Å². The van der Waals surface area contributed by atoms with Gasteiger partial charge in [0.25, 0.3) is 11.8 Å². The summed E-state index contributed by atoms with van der Waals surface area (Å²) in [7, 11) is 0. The topological polar surface area (TPSA) is 109 Å². The van der Waals surface area contributed by atoms with Gasteiger partial charge < -0.3 is 24.6 Å². The van der Waals surface area contributed by atoms with Gasteiger partial charge >= 0.3 is 0 Å². The van der Waals surface area contributed by atoms with Crippen LogP contribution in [0.2, 0.25) is 0 Å². The zero-order valence-corrected chi connectivity index (χ0v) is 27.1. The molecular weight excluding hydrogens is 587 g/mol. The minimum absolute atomic E-state index is 0.0491. The van der Waals surface area contributed by atoms with Crippen molar-refractivity contribution in [3.8, 4) is 17.4 Å². The average molecular weight is 631 g/mol. The second-order valence-electron chi connectivity index (χ2n) is 13.6. The maximum atomic E-state index is 14.3. The Balaban J connectivity index is 0.993. The lowest BCUT2D eigenvalue weighted by Gasteiger charge is -2.58. The highest BCUT2D eigenvalue weighted by atomic mass is 19.1. The molecule has 2 saturated heterocycles. The van der Waals surface area contributed by atoms with Gasteiger partial charge in [-0.25, -0.2) is 9.37 Å². The molecule has 12 heteroatoms. The van der Waals surface area contributed by atoms with E-state index < -0.39 is 5.82 Å². The molecule has 1 saturated carbocycles. The van der Waals surface area contributed by atoms with Crippen molar-refractivity contribution in [2.24, 2.45) is 11.3 Å². The van der Waals surface area contributed by atoms with Gasteiger partial charge in [-0.15, -0.1) is 10.2 Å². The second kappa shape index (κ2) is 12.4. The lowest BCUT2D eigenvalue weighted by Crippen LogP contribution is -2.65. The number of aromatic nitrogens is 4. The van der Waals surface area contributed by atoms with Gasteiger partial charge in [0, 0.05) is 87.2 Å². The Kier molecular flexibility index (Phi) is 8.26. The van der Waals surface area contributed by atoms with Crippen molar-refractivity contribution in [3.05, 3.63) is 59.4 Å². The van der Waals surface area contributed by atoms with Gasteiger partial charge in [0.2, 0.25) is 0 Å². The fraction of sp³-hybridized carbons (Fsp3) is 0.559. The van der Waals surface area contributed by atoms with Crippen LogP contribution in [0, 0.1) is 17.2 Å². The zero-order valence-electron chi connectivity index (χ0n) is 27.1. The maximum Gasteiger partial charge on any atom is 0.282 e. The van der Waals surface area contributed by atoms with Crippen LogP contribution in [0.25, 0.3) is 0 Å². The van der Waals surface area contributed by atoms with Crippen LogP contribution in [-0.4, -0.2) is 93.3 Å². The Morgan fingerprint density at radius 2 is 1.96 bits per heavy atom. The van der Waals surface area contributed by atoms with Crippen molar-refractivity contribution in [2.45, 2.75) is 71.7 Å². The predicted molar refractivity (Wildman–Crippen MR) is 171 cm³/mol. The Hall–Kier alpha value is -3.90. The molecule has 1 aliphatic carbocycles. The summed E-state index contributed by atoms with van der Waals surface area (Å²) >= 11 is 0. The quantitative estimate of drug-likeness (QED) is 0.352. The fourth-order valence-corrected chi connectivity index (χ4v) is 7.48. The van der Waals surface area contributed by atoms with Gasteiger partial charge in [-0.05, 0) is 70.7 Å². The number of pyridine rings is 1. The first-order valence-corrected chi connectivity index (χ1v) is 16.5. The van der Waals surface area contributed by atoms with E-state index in [1.54, 1.807) is 4.90 Å². The summed E-state index contributed by atoms with van der Waals surface area (Å²) in [5, 5.41) is 11.6. The van der Waals surface area contributed by atoms with E-state index in [4.69, 9.17) is 9.47 Å². The van der Waals surface area contributed by atoms with Gasteiger partial charge in [-0.2, -0.15) is 0 Å². The highest BCUT2D eigenvalue weighted by Gasteiger charge is 2.54. The Morgan fingerprint density at radius 1 is 1.15 bits per heavy atom. The summed E-state index contributed by atoms with van der Waals surface area (Å²) in [6, 6.07) is 6.47. The van der Waals surface area contributed by atoms with Crippen molar-refractivity contribution in [3.63, 3.8) is 0 Å². The number of rotatable bonds is 10. The van der Waals surface area contributed by atoms with Crippen molar-refractivity contribution in [1.29, 1.82) is 0 Å². The third-order valence-electron chi connectivity index (χ3n) is 10.3. The van der Waals surface area contributed by atoms with E-state index in [-0.39, 0.29) is 40.7 Å². The van der Waals surface area contributed by atoms with Crippen LogP contribution in [0.15, 0.2) is 36.8 Å². The summed E-state index contributed by atoms with van der Waals surface area (Å²) in [4.78, 5) is 28.9. The molecule has 3 aromatic rings. The molecule has 3 fully saturated rings. The number of carbonyl (C=O) groups is 1. The minimum atomic E-state index is -0.509. The normalized spacial score (nSPS) is 20.0. The van der Waals surface area contributed by atoms with E-state index in [1.165, 1.54) is 30.1 Å². The van der Waals surface area contributed by atoms with Gasteiger partial charge in [-0.3, -0.25) is 14.7 Å². The number of halogens is 1. The third kappa shape index (κ3) is 5.77. The van der Waals surface area contributed by atoms with Gasteiger partial charge in [0.15, 0.2) is 5.82 Å². The number of fused-ring (bicyclic) bond motifs is 1. The molecule has 46 heavy (non-hydrogen) atoms. The molecule has 2 aromatic heterocycles. The molecule has 7 rings (SSSR count). The summed E-state index contributed by atoms with van der Waals surface area (Å²) in [5.74, 6) is 1.85. The van der Waals surface area contributed by atoms with Crippen LogP contribution in [0.3, 0.4) is 0 Å². The van der Waals surface area contributed by atoms with Crippen LogP contribution >= 0.6 is 0 Å². The molecular formula is C34H43FN8O3. The molecule has 1 aromatic carbocycles. The Morgan fingerprint density at radius 3 is 2.67 bits per heavy atom. The molecule has 0 bridgehead atoms. The number of carbonyl (C=O) groups excluding carboxylic acids is 1. The average Bonchev–Trinajstić information content (AvgIpc) is 2.98. The number of anilines is 1. The van der Waals surface area contributed by atoms with E-state index in [0.717, 1.165) is 70.0 Å². The van der Waals surface area contributed by atoms with Crippen LogP contribution in [0.5, 0.6) is 17.4 Å². The van der Waals surface area contributed by atoms with Crippen LogP contribution in [0.4, 0.5) is 10.2 Å². The van der Waals surface area contributed by atoms with E-state index in [0.29, 0.717) is 24.3 Å². The molecule has 1 N–H and O–H groups in total. The first-order chi connectivity index (χ1) is 22.2. The summed E-state index contributed by atoms with van der Waals surface area (Å²) in [5.41, 5.74) is 2.69. The molecule has 3 aliphatic heterocycles. The molecule has 4 aliphatic rings. The van der Waals surface area contributed by atoms with Gasteiger partial charge in [0.05, 0.1) is 5.56 Å². The standard InChI is InChI=1S/C34H43FN8O3/c1-5-43(21(2)3)33(44)26-12-24(35)6-7-29(26)46-32-31(38-20-39-40-32)42-18-34(19-42)13-25(14-34)45-30-8-10-37-28-9-11-41(17-27(28)30)22(4)23-15-36-16-23/h6-8,10,12,20-23,25,36H,5,9,11,13-19H2,1-4H3. The number of nitrogens with zero attached hydrogens (tertiary/aromatic N) is 7. The van der Waals surface area contributed by atoms with E-state index in [2.05, 4.69) is 42.2 Å². The van der Waals surface area contributed by atoms with Crippen molar-refractivity contribution in [2.75, 3.05) is 44.2 Å². The third-order valence-corrected chi connectivity index (χ3v) is 10.3. The van der Waals surface area contributed by atoms with Crippen LogP contribution in [-0.2, 0) is 13.0 Å². The Bertz CT molecular complexity index is 1590. The van der Waals surface area contributed by atoms with Crippen molar-refractivity contribution < 1.29 is 18.7 Å². The highest BCUT2D eigenvalue weighted by molar-refractivity contribution is 5.97. The lowest BCUT2D eigenvalue weighted by molar-refractivity contribution is -0.0355. The SMILES string of the molecule is CCN(C(=O)c1cc(F)ccc1Oc1nncnc1N1CC2(CC(Oc3ccnc4c3CN(C(C)C3CNC3)CC4)C2)C1)C(C)C. The number of hydrogen-bond donors (Lipinski definition) is 1. The molecule has 1 amide bonds. The highest BCUT2D eigenvalue weighted by Crippen LogP contribution is 2.52. The monoisotopic (exact) mass is 630 g/mol. The molecule has 11 nitrogen and oxygen atoms in total. The summed E-state index contributed by atoms with van der Waals surface area (Å²) in [6.45, 7) is 14.3. The molecule has 0 radical (unpaired) electrons. The number of ether oxygens (including phenoxy) is 2. The smallest absolute Gasteiger partial charge is 0.282 e. The maximum absolute atomic E-state index is 14.3. The lowest BCUT2D eigenvalue weighted by atomic mass is 9.61. The largest absolute Gasteiger partial charge is 0.490 e. The zero-order chi connectivity index (χ0) is 32.0. The molecule has 5 heterocycles. The molecule has 1 unspecified atom stereocenters.